The molecule has 0 amide bonds. The largest absolute Gasteiger partial charge is 0.310 e. The fourth-order valence-corrected chi connectivity index (χ4v) is 3.73. The van der Waals surface area contributed by atoms with E-state index in [0.717, 1.165) is 11.8 Å². The van der Waals surface area contributed by atoms with Gasteiger partial charge in [0.05, 0.1) is 0 Å². The molecule has 1 aromatic rings. The minimum absolute atomic E-state index is 0.556. The summed E-state index contributed by atoms with van der Waals surface area (Å²) in [4.78, 5) is 1.49. The van der Waals surface area contributed by atoms with Gasteiger partial charge < -0.3 is 5.32 Å². The summed E-state index contributed by atoms with van der Waals surface area (Å²) in [6.45, 7) is 10.1. The van der Waals surface area contributed by atoms with Crippen molar-refractivity contribution in [2.24, 2.45) is 0 Å². The molecule has 1 nitrogen and oxygen atoms in total. The Balaban J connectivity index is 2.31. The van der Waals surface area contributed by atoms with Gasteiger partial charge in [-0.05, 0) is 56.0 Å². The minimum Gasteiger partial charge on any atom is -0.310 e. The van der Waals surface area contributed by atoms with Crippen LogP contribution in [0.1, 0.15) is 49.4 Å². The van der Waals surface area contributed by atoms with Crippen molar-refractivity contribution in [2.75, 3.05) is 6.54 Å². The van der Waals surface area contributed by atoms with Crippen molar-refractivity contribution in [3.05, 3.63) is 28.8 Å². The summed E-state index contributed by atoms with van der Waals surface area (Å²) in [7, 11) is 0. The molecule has 2 rings (SSSR count). The molecule has 0 saturated carbocycles. The predicted octanol–water partition coefficient (Wildman–Crippen LogP) is 4.23. The molecule has 1 aromatic carbocycles. The number of rotatable bonds is 3. The molecular weight excluding hydrogens is 226 g/mol. The van der Waals surface area contributed by atoms with Gasteiger partial charge in [-0.15, -0.1) is 11.8 Å². The monoisotopic (exact) mass is 249 g/mol. The van der Waals surface area contributed by atoms with Crippen LogP contribution >= 0.6 is 11.8 Å². The summed E-state index contributed by atoms with van der Waals surface area (Å²) in [5.41, 5.74) is 4.35. The van der Waals surface area contributed by atoms with E-state index >= 15 is 0 Å². The van der Waals surface area contributed by atoms with E-state index in [2.05, 4.69) is 45.1 Å². The zero-order valence-electron chi connectivity index (χ0n) is 11.3. The highest BCUT2D eigenvalue weighted by Gasteiger charge is 2.25. The van der Waals surface area contributed by atoms with E-state index in [0.29, 0.717) is 6.04 Å². The van der Waals surface area contributed by atoms with Crippen LogP contribution in [-0.4, -0.2) is 11.8 Å². The van der Waals surface area contributed by atoms with Crippen LogP contribution in [0.5, 0.6) is 0 Å². The maximum atomic E-state index is 3.69. The van der Waals surface area contributed by atoms with Crippen LogP contribution in [0.15, 0.2) is 17.0 Å². The lowest BCUT2D eigenvalue weighted by Crippen LogP contribution is -2.27. The fourth-order valence-electron chi connectivity index (χ4n) is 2.42. The van der Waals surface area contributed by atoms with Crippen LogP contribution in [0.2, 0.25) is 0 Å². The summed E-state index contributed by atoms with van der Waals surface area (Å²) in [5.74, 6) is 0. The first-order valence-corrected chi connectivity index (χ1v) is 7.51. The SMILES string of the molecule is CCCNC1CC(C)Sc2cc(C)c(C)cc21. The van der Waals surface area contributed by atoms with Crippen LogP contribution < -0.4 is 5.32 Å². The summed E-state index contributed by atoms with van der Waals surface area (Å²) in [6.07, 6.45) is 2.46. The van der Waals surface area contributed by atoms with Crippen molar-refractivity contribution in [3.63, 3.8) is 0 Å². The lowest BCUT2D eigenvalue weighted by atomic mass is 9.97. The quantitative estimate of drug-likeness (QED) is 0.860. The molecule has 2 heteroatoms. The normalized spacial score (nSPS) is 23.5. The van der Waals surface area contributed by atoms with Crippen LogP contribution in [-0.2, 0) is 0 Å². The highest BCUT2D eigenvalue weighted by Crippen LogP contribution is 2.41. The van der Waals surface area contributed by atoms with Gasteiger partial charge in [0.15, 0.2) is 0 Å². The van der Waals surface area contributed by atoms with Crippen LogP contribution in [0.3, 0.4) is 0 Å². The van der Waals surface area contributed by atoms with Gasteiger partial charge >= 0.3 is 0 Å². The Morgan fingerprint density at radius 1 is 1.29 bits per heavy atom. The van der Waals surface area contributed by atoms with E-state index in [1.54, 1.807) is 0 Å². The standard InChI is InChI=1S/C15H23NS/c1-5-6-16-14-9-12(4)17-15-8-11(3)10(2)7-13(14)15/h7-8,12,14,16H,5-6,9H2,1-4H3. The van der Waals surface area contributed by atoms with Gasteiger partial charge in [-0.1, -0.05) is 19.9 Å². The lowest BCUT2D eigenvalue weighted by molar-refractivity contribution is 0.485. The zero-order chi connectivity index (χ0) is 12.4. The van der Waals surface area contributed by atoms with E-state index < -0.39 is 0 Å². The van der Waals surface area contributed by atoms with Gasteiger partial charge in [0.25, 0.3) is 0 Å². The molecule has 0 fully saturated rings. The molecule has 1 heterocycles. The minimum atomic E-state index is 0.556. The van der Waals surface area contributed by atoms with E-state index in [9.17, 15) is 0 Å². The Bertz CT molecular complexity index is 400. The van der Waals surface area contributed by atoms with E-state index in [1.165, 1.54) is 34.4 Å². The number of thioether (sulfide) groups is 1. The first-order valence-electron chi connectivity index (χ1n) is 6.63. The van der Waals surface area contributed by atoms with Gasteiger partial charge in [-0.3, -0.25) is 0 Å². The molecule has 0 saturated heterocycles. The smallest absolute Gasteiger partial charge is 0.0341 e. The highest BCUT2D eigenvalue weighted by molar-refractivity contribution is 8.00. The maximum absolute atomic E-state index is 3.69. The third-order valence-corrected chi connectivity index (χ3v) is 4.74. The second kappa shape index (κ2) is 5.45. The third-order valence-electron chi connectivity index (χ3n) is 3.54. The molecule has 0 spiro atoms. The first kappa shape index (κ1) is 13.0. The molecule has 2 unspecified atom stereocenters. The molecule has 94 valence electrons. The van der Waals surface area contributed by atoms with Gasteiger partial charge in [0.2, 0.25) is 0 Å². The topological polar surface area (TPSA) is 12.0 Å². The number of benzene rings is 1. The number of hydrogen-bond donors (Lipinski definition) is 1. The summed E-state index contributed by atoms with van der Waals surface area (Å²) in [6, 6.07) is 5.31. The molecule has 0 radical (unpaired) electrons. The van der Waals surface area contributed by atoms with Crippen molar-refractivity contribution in [3.8, 4) is 0 Å². The van der Waals surface area contributed by atoms with Crippen molar-refractivity contribution in [1.82, 2.24) is 5.32 Å². The van der Waals surface area contributed by atoms with Gasteiger partial charge in [0.1, 0.15) is 0 Å². The lowest BCUT2D eigenvalue weighted by Gasteiger charge is -2.31. The molecule has 17 heavy (non-hydrogen) atoms. The fraction of sp³-hybridized carbons (Fsp3) is 0.600. The third kappa shape index (κ3) is 2.86. The van der Waals surface area contributed by atoms with Gasteiger partial charge in [-0.2, -0.15) is 0 Å². The summed E-state index contributed by atoms with van der Waals surface area (Å²) >= 11 is 2.03. The van der Waals surface area contributed by atoms with E-state index in [4.69, 9.17) is 0 Å². The van der Waals surface area contributed by atoms with Crippen LogP contribution in [0, 0.1) is 13.8 Å². The Kier molecular flexibility index (Phi) is 4.16. The second-order valence-corrected chi connectivity index (χ2v) is 6.63. The molecule has 1 N–H and O–H groups in total. The van der Waals surface area contributed by atoms with Gasteiger partial charge in [0, 0.05) is 16.2 Å². The number of aryl methyl sites for hydroxylation is 2. The zero-order valence-corrected chi connectivity index (χ0v) is 12.2. The maximum Gasteiger partial charge on any atom is 0.0341 e. The molecule has 1 aliphatic rings. The van der Waals surface area contributed by atoms with E-state index in [-0.39, 0.29) is 0 Å². The van der Waals surface area contributed by atoms with Crippen LogP contribution in [0.4, 0.5) is 0 Å². The van der Waals surface area contributed by atoms with Crippen molar-refractivity contribution >= 4 is 11.8 Å². The first-order chi connectivity index (χ1) is 8.11. The second-order valence-electron chi connectivity index (χ2n) is 5.15. The Morgan fingerprint density at radius 2 is 2.00 bits per heavy atom. The Morgan fingerprint density at radius 3 is 2.71 bits per heavy atom. The number of hydrogen-bond acceptors (Lipinski definition) is 2. The average molecular weight is 249 g/mol. The number of fused-ring (bicyclic) bond motifs is 1. The molecule has 1 aliphatic heterocycles. The summed E-state index contributed by atoms with van der Waals surface area (Å²) < 4.78 is 0. The Labute approximate surface area is 109 Å². The molecule has 2 atom stereocenters. The average Bonchev–Trinajstić information content (AvgIpc) is 2.28. The highest BCUT2D eigenvalue weighted by atomic mass is 32.2. The van der Waals surface area contributed by atoms with Gasteiger partial charge in [-0.25, -0.2) is 0 Å². The predicted molar refractivity (Wildman–Crippen MR) is 76.9 cm³/mol. The molecule has 0 bridgehead atoms. The molecule has 0 aromatic heterocycles. The van der Waals surface area contributed by atoms with Crippen molar-refractivity contribution in [2.45, 2.75) is 56.7 Å². The number of nitrogens with one attached hydrogen (secondary N) is 1. The van der Waals surface area contributed by atoms with Crippen molar-refractivity contribution < 1.29 is 0 Å². The molecular formula is C15H23NS. The van der Waals surface area contributed by atoms with E-state index in [1.807, 2.05) is 11.8 Å². The summed E-state index contributed by atoms with van der Waals surface area (Å²) in [5, 5.41) is 4.41. The van der Waals surface area contributed by atoms with Crippen LogP contribution in [0.25, 0.3) is 0 Å². The Hall–Kier alpha value is -0.470. The van der Waals surface area contributed by atoms with Crippen molar-refractivity contribution in [1.29, 1.82) is 0 Å². The molecule has 0 aliphatic carbocycles.